The monoisotopic (exact) mass is 449 g/mol. The largest absolute Gasteiger partial charge is 0.389 e. The van der Waals surface area contributed by atoms with Crippen molar-refractivity contribution in [3.05, 3.63) is 18.0 Å². The van der Waals surface area contributed by atoms with E-state index in [9.17, 15) is 9.11 Å². The number of ether oxygens (including phenoxy) is 1. The number of oxime groups is 1. The van der Waals surface area contributed by atoms with E-state index in [-0.39, 0.29) is 11.6 Å². The van der Waals surface area contributed by atoms with E-state index in [1.807, 2.05) is 24.0 Å². The van der Waals surface area contributed by atoms with Crippen molar-refractivity contribution in [3.63, 3.8) is 0 Å². The Balaban J connectivity index is 1.42. The summed E-state index contributed by atoms with van der Waals surface area (Å²) in [7, 11) is -0.682. The second-order valence-corrected chi connectivity index (χ2v) is 11.5. The van der Waals surface area contributed by atoms with Crippen molar-refractivity contribution in [2.45, 2.75) is 57.2 Å². The maximum absolute atomic E-state index is 9.99. The van der Waals surface area contributed by atoms with E-state index in [4.69, 9.17) is 14.6 Å². The molecule has 5 rings (SSSR count). The molecule has 0 unspecified atom stereocenters. The van der Waals surface area contributed by atoms with Crippen LogP contribution in [0, 0.1) is 5.92 Å². The Hall–Kier alpha value is -1.88. The predicted molar refractivity (Wildman–Crippen MR) is 122 cm³/mol. The number of anilines is 1. The van der Waals surface area contributed by atoms with Gasteiger partial charge >= 0.3 is 0 Å². The van der Waals surface area contributed by atoms with Gasteiger partial charge in [0.25, 0.3) is 0 Å². The molecule has 0 amide bonds. The standard InChI is InChI=1S/C21H31N5O4S/c1-3-26-20-17(12-23-26)19(24-15-4-6-31(27,28)7-5-15)16(11-22-20)18-10-21(30-25-18)8-14(9-21)13-29-2/h11-12,14-15,27-28H,3-10,13H2,1-2H3,(H,22,24). The molecule has 4 heterocycles. The van der Waals surface area contributed by atoms with E-state index < -0.39 is 10.6 Å². The zero-order valence-electron chi connectivity index (χ0n) is 18.1. The lowest BCUT2D eigenvalue weighted by Gasteiger charge is -2.42. The van der Waals surface area contributed by atoms with Crippen molar-refractivity contribution in [2.75, 3.05) is 30.5 Å². The molecular weight excluding hydrogens is 418 g/mol. The van der Waals surface area contributed by atoms with Crippen molar-refractivity contribution in [2.24, 2.45) is 11.1 Å². The average molecular weight is 450 g/mol. The number of hydrogen-bond donors (Lipinski definition) is 3. The molecule has 0 bridgehead atoms. The third-order valence-corrected chi connectivity index (χ3v) is 8.55. The Morgan fingerprint density at radius 1 is 1.29 bits per heavy atom. The normalized spacial score (nSPS) is 24.1. The highest BCUT2D eigenvalue weighted by Gasteiger charge is 2.51. The maximum Gasteiger partial charge on any atom is 0.159 e. The van der Waals surface area contributed by atoms with Gasteiger partial charge in [-0.15, -0.1) is 0 Å². The summed E-state index contributed by atoms with van der Waals surface area (Å²) in [5.74, 6) is 1.41. The summed E-state index contributed by atoms with van der Waals surface area (Å²) in [5, 5.41) is 13.6. The number of methoxy groups -OCH3 is 1. The first-order valence-electron chi connectivity index (χ1n) is 11.0. The van der Waals surface area contributed by atoms with Crippen LogP contribution < -0.4 is 5.32 Å². The van der Waals surface area contributed by atoms with E-state index in [0.717, 1.165) is 73.3 Å². The molecule has 10 heteroatoms. The first kappa shape index (κ1) is 21.0. The van der Waals surface area contributed by atoms with Gasteiger partial charge in [-0.25, -0.2) is 9.67 Å². The Morgan fingerprint density at radius 3 is 2.77 bits per heavy atom. The van der Waals surface area contributed by atoms with Crippen LogP contribution in [0.1, 0.15) is 44.6 Å². The number of rotatable bonds is 6. The first-order valence-corrected chi connectivity index (χ1v) is 12.9. The van der Waals surface area contributed by atoms with E-state index in [1.165, 1.54) is 0 Å². The van der Waals surface area contributed by atoms with Gasteiger partial charge in [-0.05, 0) is 38.5 Å². The van der Waals surface area contributed by atoms with Gasteiger partial charge in [-0.3, -0.25) is 9.11 Å². The van der Waals surface area contributed by atoms with Crippen LogP contribution in [0.15, 0.2) is 17.5 Å². The van der Waals surface area contributed by atoms with Gasteiger partial charge in [0, 0.05) is 56.0 Å². The number of fused-ring (bicyclic) bond motifs is 1. The number of aryl methyl sites for hydroxylation is 1. The second kappa shape index (κ2) is 7.91. The van der Waals surface area contributed by atoms with E-state index in [2.05, 4.69) is 15.6 Å². The van der Waals surface area contributed by atoms with Gasteiger partial charge in [0.05, 0.1) is 23.0 Å². The number of pyridine rings is 1. The minimum absolute atomic E-state index is 0.168. The van der Waals surface area contributed by atoms with Crippen LogP contribution in [0.2, 0.25) is 0 Å². The Labute approximate surface area is 183 Å². The van der Waals surface area contributed by atoms with Crippen molar-refractivity contribution in [1.82, 2.24) is 14.8 Å². The minimum atomic E-state index is -2.42. The van der Waals surface area contributed by atoms with Crippen molar-refractivity contribution >= 4 is 33.0 Å². The number of nitrogens with one attached hydrogen (secondary N) is 1. The Bertz CT molecular complexity index is 991. The first-order chi connectivity index (χ1) is 14.9. The summed E-state index contributed by atoms with van der Waals surface area (Å²) in [4.78, 5) is 10.6. The van der Waals surface area contributed by atoms with Crippen molar-refractivity contribution in [3.8, 4) is 0 Å². The highest BCUT2D eigenvalue weighted by Crippen LogP contribution is 2.48. The second-order valence-electron chi connectivity index (χ2n) is 9.09. The molecule has 9 nitrogen and oxygen atoms in total. The molecule has 2 aromatic rings. The summed E-state index contributed by atoms with van der Waals surface area (Å²) >= 11 is 0. The summed E-state index contributed by atoms with van der Waals surface area (Å²) in [6.07, 6.45) is 7.86. The molecule has 0 aromatic carbocycles. The molecule has 1 spiro atoms. The van der Waals surface area contributed by atoms with Gasteiger partial charge in [-0.2, -0.15) is 15.7 Å². The summed E-state index contributed by atoms with van der Waals surface area (Å²) < 4.78 is 27.1. The molecule has 3 N–H and O–H groups in total. The lowest BCUT2D eigenvalue weighted by atomic mass is 9.68. The molecule has 3 aliphatic rings. The van der Waals surface area contributed by atoms with Crippen LogP contribution >= 0.6 is 10.6 Å². The average Bonchev–Trinajstić information content (AvgIpc) is 3.34. The molecule has 2 aromatic heterocycles. The van der Waals surface area contributed by atoms with Crippen LogP contribution in [0.5, 0.6) is 0 Å². The fourth-order valence-corrected chi connectivity index (χ4v) is 6.65. The third kappa shape index (κ3) is 3.90. The fraction of sp³-hybridized carbons (Fsp3) is 0.667. The molecule has 0 atom stereocenters. The number of aromatic nitrogens is 3. The van der Waals surface area contributed by atoms with Crippen LogP contribution in [0.4, 0.5) is 5.69 Å². The molecular formula is C21H31N5O4S. The van der Waals surface area contributed by atoms with Crippen LogP contribution in [0.25, 0.3) is 11.0 Å². The maximum atomic E-state index is 9.99. The van der Waals surface area contributed by atoms with Gasteiger partial charge in [0.2, 0.25) is 0 Å². The molecule has 170 valence electrons. The lowest BCUT2D eigenvalue weighted by Crippen LogP contribution is -2.45. The van der Waals surface area contributed by atoms with Gasteiger partial charge in [-0.1, -0.05) is 5.16 Å². The molecule has 2 fully saturated rings. The minimum Gasteiger partial charge on any atom is -0.389 e. The zero-order chi connectivity index (χ0) is 21.6. The van der Waals surface area contributed by atoms with Crippen LogP contribution in [0.3, 0.4) is 0 Å². The molecule has 1 saturated carbocycles. The molecule has 1 aliphatic carbocycles. The Morgan fingerprint density at radius 2 is 2.06 bits per heavy atom. The summed E-state index contributed by atoms with van der Waals surface area (Å²) in [6, 6.07) is 0.168. The predicted octanol–water partition coefficient (Wildman–Crippen LogP) is 3.70. The molecule has 1 saturated heterocycles. The van der Waals surface area contributed by atoms with Gasteiger partial charge < -0.3 is 14.9 Å². The SMILES string of the molecule is CCn1ncc2c(NC3CCS(O)(O)CC3)c(C3=NOC4(C3)CC(COC)C4)cnc21. The topological polar surface area (TPSA) is 114 Å². The van der Waals surface area contributed by atoms with E-state index in [1.54, 1.807) is 7.11 Å². The number of hydrogen-bond acceptors (Lipinski definition) is 8. The third-order valence-electron chi connectivity index (χ3n) is 6.77. The zero-order valence-corrected chi connectivity index (χ0v) is 18.9. The van der Waals surface area contributed by atoms with Gasteiger partial charge in [0.1, 0.15) is 5.60 Å². The highest BCUT2D eigenvalue weighted by atomic mass is 32.3. The van der Waals surface area contributed by atoms with E-state index in [0.29, 0.717) is 17.4 Å². The summed E-state index contributed by atoms with van der Waals surface area (Å²) in [6.45, 7) is 3.55. The lowest BCUT2D eigenvalue weighted by molar-refractivity contribution is -0.120. The Kier molecular flexibility index (Phi) is 5.36. The summed E-state index contributed by atoms with van der Waals surface area (Å²) in [5.41, 5.74) is 3.47. The van der Waals surface area contributed by atoms with Crippen LogP contribution in [-0.2, 0) is 16.1 Å². The quantitative estimate of drug-likeness (QED) is 0.616. The fourth-order valence-electron chi connectivity index (χ4n) is 5.12. The van der Waals surface area contributed by atoms with Crippen LogP contribution in [-0.4, -0.2) is 66.4 Å². The molecule has 0 radical (unpaired) electrons. The van der Waals surface area contributed by atoms with E-state index >= 15 is 0 Å². The molecule has 31 heavy (non-hydrogen) atoms. The van der Waals surface area contributed by atoms with Gasteiger partial charge in [0.15, 0.2) is 5.65 Å². The van der Waals surface area contributed by atoms with Crippen molar-refractivity contribution in [1.29, 1.82) is 0 Å². The van der Waals surface area contributed by atoms with Crippen molar-refractivity contribution < 1.29 is 18.7 Å². The highest BCUT2D eigenvalue weighted by molar-refractivity contribution is 8.24. The smallest absolute Gasteiger partial charge is 0.159 e. The number of nitrogens with zero attached hydrogens (tertiary/aromatic N) is 4. The molecule has 2 aliphatic heterocycles.